The minimum absolute atomic E-state index is 0.512. The van der Waals surface area contributed by atoms with Crippen molar-refractivity contribution in [3.8, 4) is 28.5 Å². The van der Waals surface area contributed by atoms with Crippen LogP contribution in [0.15, 0.2) is 79.4 Å². The van der Waals surface area contributed by atoms with E-state index in [1.54, 1.807) is 18.6 Å². The summed E-state index contributed by atoms with van der Waals surface area (Å²) >= 11 is 8.17. The lowest BCUT2D eigenvalue weighted by atomic mass is 10.1. The summed E-state index contributed by atoms with van der Waals surface area (Å²) in [6.07, 6.45) is 11.2. The van der Waals surface area contributed by atoms with Crippen LogP contribution in [0.1, 0.15) is 29.0 Å². The van der Waals surface area contributed by atoms with Gasteiger partial charge in [-0.25, -0.2) is 19.9 Å². The molecule has 0 amide bonds. The second-order valence-corrected chi connectivity index (χ2v) is 10.3. The van der Waals surface area contributed by atoms with Gasteiger partial charge in [-0.3, -0.25) is 4.98 Å². The van der Waals surface area contributed by atoms with Gasteiger partial charge in [0.25, 0.3) is 0 Å². The second kappa shape index (κ2) is 12.6. The van der Waals surface area contributed by atoms with Crippen LogP contribution in [0.25, 0.3) is 22.8 Å². The number of aryl methyl sites for hydroxylation is 3. The molecule has 0 unspecified atom stereocenters. The van der Waals surface area contributed by atoms with Crippen molar-refractivity contribution < 1.29 is 4.74 Å². The Kier molecular flexibility index (Phi) is 8.53. The number of benzene rings is 2. The Balaban J connectivity index is 1.35. The third kappa shape index (κ3) is 6.90. The van der Waals surface area contributed by atoms with Crippen molar-refractivity contribution in [1.82, 2.24) is 24.9 Å². The van der Waals surface area contributed by atoms with Crippen molar-refractivity contribution in [2.75, 3.05) is 12.3 Å². The van der Waals surface area contributed by atoms with Gasteiger partial charge in [0, 0.05) is 34.7 Å². The largest absolute Gasteiger partial charge is 0.494 e. The maximum absolute atomic E-state index is 6.65. The van der Waals surface area contributed by atoms with Crippen molar-refractivity contribution in [2.24, 2.45) is 0 Å². The maximum atomic E-state index is 6.65. The van der Waals surface area contributed by atoms with Gasteiger partial charge in [0.2, 0.25) is 0 Å². The lowest BCUT2D eigenvalue weighted by Crippen LogP contribution is -2.02. The SMILES string of the molecule is Nc1ncc(CCCc2cc(-c3cc(OCCCc4ccccc4)ccc3Cl)nc(-c3cnccn3)n2)s1. The summed E-state index contributed by atoms with van der Waals surface area (Å²) in [5.74, 6) is 1.26. The predicted octanol–water partition coefficient (Wildman–Crippen LogP) is 6.48. The van der Waals surface area contributed by atoms with Gasteiger partial charge in [0.1, 0.15) is 11.4 Å². The number of nitrogens with zero attached hydrogens (tertiary/aromatic N) is 5. The molecular formula is C29H27ClN6OS. The fourth-order valence-electron chi connectivity index (χ4n) is 4.08. The number of aromatic nitrogens is 5. The van der Waals surface area contributed by atoms with Crippen molar-refractivity contribution in [2.45, 2.75) is 32.1 Å². The highest BCUT2D eigenvalue weighted by molar-refractivity contribution is 7.15. The van der Waals surface area contributed by atoms with Crippen LogP contribution in [-0.2, 0) is 19.3 Å². The molecule has 5 rings (SSSR count). The molecule has 3 aromatic heterocycles. The molecule has 2 aromatic carbocycles. The summed E-state index contributed by atoms with van der Waals surface area (Å²) in [5, 5.41) is 1.18. The van der Waals surface area contributed by atoms with Gasteiger partial charge in [-0.05, 0) is 61.9 Å². The van der Waals surface area contributed by atoms with Crippen LogP contribution in [0.3, 0.4) is 0 Å². The predicted molar refractivity (Wildman–Crippen MR) is 152 cm³/mol. The van der Waals surface area contributed by atoms with Crippen LogP contribution in [0, 0.1) is 0 Å². The molecule has 5 aromatic rings. The van der Waals surface area contributed by atoms with E-state index in [4.69, 9.17) is 32.0 Å². The fraction of sp³-hybridized carbons (Fsp3) is 0.207. The zero-order valence-corrected chi connectivity index (χ0v) is 22.3. The molecule has 0 aliphatic heterocycles. The Morgan fingerprint density at radius 1 is 0.842 bits per heavy atom. The lowest BCUT2D eigenvalue weighted by molar-refractivity contribution is 0.311. The zero-order chi connectivity index (χ0) is 26.2. The molecule has 38 heavy (non-hydrogen) atoms. The van der Waals surface area contributed by atoms with Gasteiger partial charge in [-0.15, -0.1) is 11.3 Å². The van der Waals surface area contributed by atoms with Gasteiger partial charge >= 0.3 is 0 Å². The molecule has 0 fully saturated rings. The van der Waals surface area contributed by atoms with Crippen molar-refractivity contribution in [1.29, 1.82) is 0 Å². The first-order valence-electron chi connectivity index (χ1n) is 12.5. The van der Waals surface area contributed by atoms with E-state index < -0.39 is 0 Å². The second-order valence-electron chi connectivity index (χ2n) is 8.76. The average Bonchev–Trinajstić information content (AvgIpc) is 3.37. The van der Waals surface area contributed by atoms with Crippen LogP contribution in [-0.4, -0.2) is 31.5 Å². The smallest absolute Gasteiger partial charge is 0.180 e. The van der Waals surface area contributed by atoms with E-state index in [2.05, 4.69) is 39.2 Å². The van der Waals surface area contributed by atoms with E-state index in [0.717, 1.165) is 59.7 Å². The summed E-state index contributed by atoms with van der Waals surface area (Å²) in [7, 11) is 0. The topological polar surface area (TPSA) is 99.7 Å². The Hall–Kier alpha value is -3.88. The molecule has 192 valence electrons. The van der Waals surface area contributed by atoms with Crippen molar-refractivity contribution in [3.63, 3.8) is 0 Å². The van der Waals surface area contributed by atoms with E-state index in [-0.39, 0.29) is 0 Å². The summed E-state index contributed by atoms with van der Waals surface area (Å²) < 4.78 is 6.07. The fourth-order valence-corrected chi connectivity index (χ4v) is 5.02. The van der Waals surface area contributed by atoms with E-state index in [0.29, 0.717) is 28.3 Å². The van der Waals surface area contributed by atoms with Crippen LogP contribution >= 0.6 is 22.9 Å². The third-order valence-corrected chi connectivity index (χ3v) is 7.15. The minimum Gasteiger partial charge on any atom is -0.494 e. The molecule has 0 aliphatic rings. The van der Waals surface area contributed by atoms with Crippen LogP contribution in [0.2, 0.25) is 5.02 Å². The Morgan fingerprint density at radius 2 is 1.74 bits per heavy atom. The van der Waals surface area contributed by atoms with E-state index >= 15 is 0 Å². The van der Waals surface area contributed by atoms with Gasteiger partial charge < -0.3 is 10.5 Å². The van der Waals surface area contributed by atoms with Crippen LogP contribution in [0.4, 0.5) is 5.13 Å². The number of ether oxygens (including phenoxy) is 1. The molecule has 0 aliphatic carbocycles. The molecular weight excluding hydrogens is 516 g/mol. The number of rotatable bonds is 11. The first-order chi connectivity index (χ1) is 18.6. The molecule has 0 saturated heterocycles. The first kappa shape index (κ1) is 25.8. The third-order valence-electron chi connectivity index (χ3n) is 5.93. The number of anilines is 1. The van der Waals surface area contributed by atoms with Crippen molar-refractivity contribution in [3.05, 3.63) is 101 Å². The number of hydrogen-bond acceptors (Lipinski definition) is 8. The van der Waals surface area contributed by atoms with E-state index in [1.807, 2.05) is 36.5 Å². The highest BCUT2D eigenvalue weighted by Crippen LogP contribution is 2.32. The molecule has 9 heteroatoms. The van der Waals surface area contributed by atoms with Gasteiger partial charge in [0.05, 0.1) is 23.5 Å². The quantitative estimate of drug-likeness (QED) is 0.191. The summed E-state index contributed by atoms with van der Waals surface area (Å²) in [6, 6.07) is 18.1. The molecule has 2 N–H and O–H groups in total. The number of hydrogen-bond donors (Lipinski definition) is 1. The average molecular weight is 543 g/mol. The summed E-state index contributed by atoms with van der Waals surface area (Å²) in [5.41, 5.74) is 10.1. The monoisotopic (exact) mass is 542 g/mol. The number of thiazole rings is 1. The van der Waals surface area contributed by atoms with Gasteiger partial charge in [0.15, 0.2) is 11.0 Å². The highest BCUT2D eigenvalue weighted by atomic mass is 35.5. The molecule has 0 saturated carbocycles. The Labute approximate surface area is 230 Å². The molecule has 7 nitrogen and oxygen atoms in total. The molecule has 0 spiro atoms. The van der Waals surface area contributed by atoms with Gasteiger partial charge in [-0.1, -0.05) is 41.9 Å². The van der Waals surface area contributed by atoms with E-state index in [1.165, 1.54) is 16.9 Å². The molecule has 3 heterocycles. The number of nitrogen functional groups attached to an aromatic ring is 1. The summed E-state index contributed by atoms with van der Waals surface area (Å²) in [4.78, 5) is 23.5. The Bertz CT molecular complexity index is 1480. The Morgan fingerprint density at radius 3 is 2.53 bits per heavy atom. The zero-order valence-electron chi connectivity index (χ0n) is 20.8. The van der Waals surface area contributed by atoms with Gasteiger partial charge in [-0.2, -0.15) is 0 Å². The standard InChI is InChI=1S/C29H27ClN6OS/c30-25-12-11-22(37-15-5-8-20-6-2-1-3-7-20)17-24(25)26-16-21(9-4-10-23-18-34-29(31)38-23)35-28(36-26)27-19-32-13-14-33-27/h1-3,6-7,11-14,16-19H,4-5,8-10,15H2,(H2,31,34). The number of halogens is 1. The van der Waals surface area contributed by atoms with Crippen LogP contribution < -0.4 is 10.5 Å². The number of nitrogens with two attached hydrogens (primary N) is 1. The van der Waals surface area contributed by atoms with E-state index in [9.17, 15) is 0 Å². The normalized spacial score (nSPS) is 11.0. The minimum atomic E-state index is 0.512. The molecule has 0 radical (unpaired) electrons. The molecule has 0 atom stereocenters. The first-order valence-corrected chi connectivity index (χ1v) is 13.6. The lowest BCUT2D eigenvalue weighted by Gasteiger charge is -2.12. The van der Waals surface area contributed by atoms with Crippen LogP contribution in [0.5, 0.6) is 5.75 Å². The maximum Gasteiger partial charge on any atom is 0.180 e. The summed E-state index contributed by atoms with van der Waals surface area (Å²) in [6.45, 7) is 0.609. The van der Waals surface area contributed by atoms with Crippen molar-refractivity contribution >= 4 is 28.1 Å². The highest BCUT2D eigenvalue weighted by Gasteiger charge is 2.14. The molecule has 0 bridgehead atoms.